The molecule has 0 saturated carbocycles. The van der Waals surface area contributed by atoms with Crippen LogP contribution in [-0.2, 0) is 20.8 Å². The van der Waals surface area contributed by atoms with Crippen LogP contribution in [-0.4, -0.2) is 38.8 Å². The van der Waals surface area contributed by atoms with Gasteiger partial charge in [-0.3, -0.25) is 9.08 Å². The van der Waals surface area contributed by atoms with Gasteiger partial charge in [-0.25, -0.2) is 4.39 Å². The molecule has 134 valence electrons. The molecule has 1 fully saturated rings. The summed E-state index contributed by atoms with van der Waals surface area (Å²) < 4.78 is 42.0. The van der Waals surface area contributed by atoms with E-state index in [1.807, 2.05) is 18.2 Å². The van der Waals surface area contributed by atoms with E-state index in [1.54, 1.807) is 12.1 Å². The Morgan fingerprint density at radius 1 is 1.12 bits per heavy atom. The highest BCUT2D eigenvalue weighted by Gasteiger charge is 2.33. The molecule has 0 bridgehead atoms. The molecule has 0 aliphatic carbocycles. The minimum absolute atomic E-state index is 0.0673. The van der Waals surface area contributed by atoms with Crippen LogP contribution < -0.4 is 0 Å². The van der Waals surface area contributed by atoms with Crippen molar-refractivity contribution in [3.63, 3.8) is 0 Å². The Hall–Kier alpha value is -1.76. The Morgan fingerprint density at radius 3 is 2.44 bits per heavy atom. The molecule has 0 aromatic heterocycles. The third-order valence-corrected chi connectivity index (χ3v) is 5.09. The standard InChI is InChI=1S/C19H22FNO3S/c1-25(22,23)24-19-14-21(13-15-5-3-2-4-6-15)12-11-18(19)16-7-9-17(20)10-8-16/h2-10,18-19H,11-14H2,1H3/t18-,19+/m1/s1. The van der Waals surface area contributed by atoms with Gasteiger partial charge in [-0.2, -0.15) is 8.42 Å². The SMILES string of the molecule is CS(=O)(=O)O[C@H]1CN(Cc2ccccc2)CC[C@@H]1c1ccc(F)cc1. The Labute approximate surface area is 148 Å². The van der Waals surface area contributed by atoms with E-state index in [2.05, 4.69) is 17.0 Å². The molecule has 1 heterocycles. The summed E-state index contributed by atoms with van der Waals surface area (Å²) in [6.07, 6.45) is 1.36. The lowest BCUT2D eigenvalue weighted by atomic mass is 9.87. The van der Waals surface area contributed by atoms with E-state index in [9.17, 15) is 12.8 Å². The Bertz CT molecular complexity index is 793. The first-order valence-electron chi connectivity index (χ1n) is 8.31. The molecule has 0 radical (unpaired) electrons. The molecule has 0 unspecified atom stereocenters. The minimum Gasteiger partial charge on any atom is -0.296 e. The summed E-state index contributed by atoms with van der Waals surface area (Å²) in [7, 11) is -3.57. The molecule has 1 aliphatic heterocycles. The number of halogens is 1. The van der Waals surface area contributed by atoms with Crippen LogP contribution in [0.15, 0.2) is 54.6 Å². The van der Waals surface area contributed by atoms with Crippen molar-refractivity contribution >= 4 is 10.1 Å². The summed E-state index contributed by atoms with van der Waals surface area (Å²) in [4.78, 5) is 2.20. The van der Waals surface area contributed by atoms with Crippen molar-refractivity contribution in [1.82, 2.24) is 4.90 Å². The predicted molar refractivity (Wildman–Crippen MR) is 95.2 cm³/mol. The number of benzene rings is 2. The fourth-order valence-corrected chi connectivity index (χ4v) is 4.02. The molecule has 0 N–H and O–H groups in total. The normalized spacial score (nSPS) is 22.0. The summed E-state index contributed by atoms with van der Waals surface area (Å²) in [6.45, 7) is 2.10. The van der Waals surface area contributed by atoms with Crippen LogP contribution in [0.25, 0.3) is 0 Å². The topological polar surface area (TPSA) is 46.6 Å². The van der Waals surface area contributed by atoms with Crippen molar-refractivity contribution in [2.45, 2.75) is 25.0 Å². The molecule has 4 nitrogen and oxygen atoms in total. The fraction of sp³-hybridized carbons (Fsp3) is 0.368. The summed E-state index contributed by atoms with van der Waals surface area (Å²) in [5, 5.41) is 0. The fourth-order valence-electron chi connectivity index (χ4n) is 3.38. The molecule has 1 aliphatic rings. The van der Waals surface area contributed by atoms with Gasteiger partial charge in [0.25, 0.3) is 10.1 Å². The number of rotatable bonds is 5. The van der Waals surface area contributed by atoms with Gasteiger partial charge in [0, 0.05) is 19.0 Å². The van der Waals surface area contributed by atoms with Crippen LogP contribution in [0.3, 0.4) is 0 Å². The molecule has 2 aromatic carbocycles. The van der Waals surface area contributed by atoms with Crippen LogP contribution in [0.2, 0.25) is 0 Å². The van der Waals surface area contributed by atoms with Crippen LogP contribution >= 0.6 is 0 Å². The molecular weight excluding hydrogens is 341 g/mol. The highest BCUT2D eigenvalue weighted by atomic mass is 32.2. The second kappa shape index (κ2) is 7.64. The largest absolute Gasteiger partial charge is 0.296 e. The van der Waals surface area contributed by atoms with Crippen molar-refractivity contribution in [3.05, 3.63) is 71.5 Å². The van der Waals surface area contributed by atoms with Crippen molar-refractivity contribution in [2.24, 2.45) is 0 Å². The van der Waals surface area contributed by atoms with Crippen LogP contribution in [0.5, 0.6) is 0 Å². The number of likely N-dealkylation sites (tertiary alicyclic amines) is 1. The molecular formula is C19H22FNO3S. The predicted octanol–water partition coefficient (Wildman–Crippen LogP) is 3.16. The third kappa shape index (κ3) is 5.11. The summed E-state index contributed by atoms with van der Waals surface area (Å²) in [5.41, 5.74) is 2.09. The second-order valence-electron chi connectivity index (χ2n) is 6.51. The molecule has 2 atom stereocenters. The zero-order valence-electron chi connectivity index (χ0n) is 14.1. The lowest BCUT2D eigenvalue weighted by Crippen LogP contribution is -2.44. The first-order chi connectivity index (χ1) is 11.9. The molecule has 6 heteroatoms. The summed E-state index contributed by atoms with van der Waals surface area (Å²) >= 11 is 0. The van der Waals surface area contributed by atoms with Crippen molar-refractivity contribution in [3.8, 4) is 0 Å². The first-order valence-corrected chi connectivity index (χ1v) is 10.1. The van der Waals surface area contributed by atoms with E-state index in [-0.39, 0.29) is 11.7 Å². The average molecular weight is 363 g/mol. The highest BCUT2D eigenvalue weighted by molar-refractivity contribution is 7.86. The molecule has 3 rings (SSSR count). The Morgan fingerprint density at radius 2 is 1.80 bits per heavy atom. The van der Waals surface area contributed by atoms with Gasteiger partial charge in [-0.1, -0.05) is 42.5 Å². The number of piperidine rings is 1. The summed E-state index contributed by atoms with van der Waals surface area (Å²) in [5.74, 6) is -0.367. The Balaban J connectivity index is 1.77. The number of hydrogen-bond acceptors (Lipinski definition) is 4. The molecule has 25 heavy (non-hydrogen) atoms. The van der Waals surface area contributed by atoms with E-state index in [4.69, 9.17) is 4.18 Å². The van der Waals surface area contributed by atoms with Crippen molar-refractivity contribution < 1.29 is 17.0 Å². The maximum absolute atomic E-state index is 13.2. The van der Waals surface area contributed by atoms with Gasteiger partial charge in [0.05, 0.1) is 12.4 Å². The quantitative estimate of drug-likeness (QED) is 0.766. The maximum Gasteiger partial charge on any atom is 0.264 e. The van der Waals surface area contributed by atoms with E-state index in [0.29, 0.717) is 6.54 Å². The molecule has 1 saturated heterocycles. The number of hydrogen-bond donors (Lipinski definition) is 0. The van der Waals surface area contributed by atoms with Gasteiger partial charge in [-0.15, -0.1) is 0 Å². The highest BCUT2D eigenvalue weighted by Crippen LogP contribution is 2.32. The van der Waals surface area contributed by atoms with Gasteiger partial charge in [0.1, 0.15) is 5.82 Å². The van der Waals surface area contributed by atoms with Gasteiger partial charge in [0.2, 0.25) is 0 Å². The molecule has 2 aromatic rings. The van der Waals surface area contributed by atoms with E-state index in [1.165, 1.54) is 17.7 Å². The van der Waals surface area contributed by atoms with Gasteiger partial charge < -0.3 is 0 Å². The first kappa shape index (κ1) is 18.0. The van der Waals surface area contributed by atoms with E-state index >= 15 is 0 Å². The lowest BCUT2D eigenvalue weighted by molar-refractivity contribution is 0.0704. The third-order valence-electron chi connectivity index (χ3n) is 4.49. The molecule has 0 amide bonds. The van der Waals surface area contributed by atoms with Crippen molar-refractivity contribution in [2.75, 3.05) is 19.3 Å². The minimum atomic E-state index is -3.57. The van der Waals surface area contributed by atoms with Gasteiger partial charge >= 0.3 is 0 Å². The summed E-state index contributed by atoms with van der Waals surface area (Å²) in [6, 6.07) is 16.3. The zero-order valence-corrected chi connectivity index (χ0v) is 15.0. The molecule has 0 spiro atoms. The second-order valence-corrected chi connectivity index (χ2v) is 8.11. The average Bonchev–Trinajstić information content (AvgIpc) is 2.56. The smallest absolute Gasteiger partial charge is 0.264 e. The van der Waals surface area contributed by atoms with E-state index < -0.39 is 16.2 Å². The maximum atomic E-state index is 13.2. The van der Waals surface area contributed by atoms with E-state index in [0.717, 1.165) is 31.3 Å². The lowest BCUT2D eigenvalue weighted by Gasteiger charge is -2.38. The Kier molecular flexibility index (Phi) is 5.51. The van der Waals surface area contributed by atoms with Gasteiger partial charge in [-0.05, 0) is 36.2 Å². The van der Waals surface area contributed by atoms with Crippen LogP contribution in [0.4, 0.5) is 4.39 Å². The van der Waals surface area contributed by atoms with Gasteiger partial charge in [0.15, 0.2) is 0 Å². The van der Waals surface area contributed by atoms with Crippen LogP contribution in [0.1, 0.15) is 23.5 Å². The van der Waals surface area contributed by atoms with Crippen LogP contribution in [0, 0.1) is 5.82 Å². The number of nitrogens with zero attached hydrogens (tertiary/aromatic N) is 1. The monoisotopic (exact) mass is 363 g/mol. The van der Waals surface area contributed by atoms with Crippen molar-refractivity contribution in [1.29, 1.82) is 0 Å². The zero-order chi connectivity index (χ0) is 17.9.